The molecule has 2 heterocycles. The van der Waals surface area contributed by atoms with E-state index in [9.17, 15) is 4.79 Å². The summed E-state index contributed by atoms with van der Waals surface area (Å²) in [6.07, 6.45) is 5.45. The maximum Gasteiger partial charge on any atom is 0.251 e. The quantitative estimate of drug-likeness (QED) is 0.574. The molecule has 1 amide bonds. The van der Waals surface area contributed by atoms with E-state index in [4.69, 9.17) is 4.84 Å². The van der Waals surface area contributed by atoms with Gasteiger partial charge >= 0.3 is 0 Å². The van der Waals surface area contributed by atoms with E-state index in [1.807, 2.05) is 73.1 Å². The van der Waals surface area contributed by atoms with Crippen LogP contribution in [-0.2, 0) is 13.2 Å². The van der Waals surface area contributed by atoms with Crippen molar-refractivity contribution in [1.82, 2.24) is 15.0 Å². The number of hydrogen-bond acceptors (Lipinski definition) is 3. The molecule has 4 rings (SSSR count). The van der Waals surface area contributed by atoms with Crippen LogP contribution >= 0.6 is 0 Å². The number of rotatable bonds is 6. The van der Waals surface area contributed by atoms with E-state index in [0.29, 0.717) is 18.7 Å². The van der Waals surface area contributed by atoms with E-state index < -0.39 is 0 Å². The van der Waals surface area contributed by atoms with Crippen LogP contribution in [0.25, 0.3) is 10.9 Å². The molecular weight excluding hydrogens is 338 g/mol. The third kappa shape index (κ3) is 4.15. The van der Waals surface area contributed by atoms with Crippen LogP contribution in [0.3, 0.4) is 0 Å². The molecule has 0 radical (unpaired) electrons. The Labute approximate surface area is 157 Å². The van der Waals surface area contributed by atoms with Crippen molar-refractivity contribution in [3.8, 4) is 0 Å². The number of carbonyl (C=O) groups excluding carboxylic acids is 1. The summed E-state index contributed by atoms with van der Waals surface area (Å²) in [5.74, 6) is -0.112. The Kier molecular flexibility index (Phi) is 4.83. The smallest absolute Gasteiger partial charge is 0.251 e. The first-order chi connectivity index (χ1) is 13.3. The SMILES string of the molecule is O=C(NCc1ccn(OCc2ccccc2)c1)c1ccc2ncccc2c1. The first-order valence-electron chi connectivity index (χ1n) is 8.75. The third-order valence-corrected chi connectivity index (χ3v) is 4.27. The normalized spacial score (nSPS) is 10.7. The molecule has 2 aromatic carbocycles. The molecule has 5 heteroatoms. The molecule has 4 aromatic rings. The van der Waals surface area contributed by atoms with Gasteiger partial charge < -0.3 is 10.2 Å². The fourth-order valence-corrected chi connectivity index (χ4v) is 2.83. The molecule has 0 aliphatic rings. The molecular formula is C22H19N3O2. The Bertz CT molecular complexity index is 1060. The number of benzene rings is 2. The molecule has 0 saturated heterocycles. The highest BCUT2D eigenvalue weighted by Gasteiger charge is 2.07. The van der Waals surface area contributed by atoms with Crippen LogP contribution in [-0.4, -0.2) is 15.6 Å². The molecule has 0 fully saturated rings. The molecule has 0 spiro atoms. The minimum absolute atomic E-state index is 0.112. The Balaban J connectivity index is 1.34. The Morgan fingerprint density at radius 3 is 2.78 bits per heavy atom. The van der Waals surface area contributed by atoms with Crippen molar-refractivity contribution in [3.63, 3.8) is 0 Å². The lowest BCUT2D eigenvalue weighted by molar-refractivity contribution is 0.0945. The van der Waals surface area contributed by atoms with Crippen LogP contribution in [0.2, 0.25) is 0 Å². The zero-order valence-corrected chi connectivity index (χ0v) is 14.7. The van der Waals surface area contributed by atoms with Crippen LogP contribution in [0.1, 0.15) is 21.5 Å². The maximum atomic E-state index is 12.4. The second kappa shape index (κ2) is 7.74. The van der Waals surface area contributed by atoms with Crippen molar-refractivity contribution in [1.29, 1.82) is 0 Å². The van der Waals surface area contributed by atoms with Gasteiger partial charge in [0.05, 0.1) is 5.52 Å². The van der Waals surface area contributed by atoms with Gasteiger partial charge in [-0.1, -0.05) is 36.4 Å². The van der Waals surface area contributed by atoms with Crippen LogP contribution in [0, 0.1) is 0 Å². The number of carbonyl (C=O) groups is 1. The van der Waals surface area contributed by atoms with Crippen LogP contribution in [0.4, 0.5) is 0 Å². The lowest BCUT2D eigenvalue weighted by atomic mass is 10.1. The predicted molar refractivity (Wildman–Crippen MR) is 104 cm³/mol. The van der Waals surface area contributed by atoms with Gasteiger partial charge in [-0.3, -0.25) is 9.78 Å². The third-order valence-electron chi connectivity index (χ3n) is 4.27. The number of fused-ring (bicyclic) bond motifs is 1. The van der Waals surface area contributed by atoms with Crippen LogP contribution in [0.15, 0.2) is 85.3 Å². The van der Waals surface area contributed by atoms with E-state index in [1.54, 1.807) is 17.0 Å². The molecule has 27 heavy (non-hydrogen) atoms. The number of amides is 1. The Morgan fingerprint density at radius 2 is 1.89 bits per heavy atom. The second-order valence-corrected chi connectivity index (χ2v) is 6.23. The van der Waals surface area contributed by atoms with Crippen LogP contribution in [0.5, 0.6) is 0 Å². The molecule has 0 aliphatic heterocycles. The standard InChI is InChI=1S/C22H19N3O2/c26-22(20-8-9-21-19(13-20)7-4-11-23-21)24-14-18-10-12-25(15-18)27-16-17-5-2-1-3-6-17/h1-13,15H,14,16H2,(H,24,26). The number of nitrogens with zero attached hydrogens (tertiary/aromatic N) is 2. The molecule has 0 atom stereocenters. The number of aromatic nitrogens is 2. The average Bonchev–Trinajstić information content (AvgIpc) is 3.19. The zero-order chi connectivity index (χ0) is 18.5. The number of hydrogen-bond donors (Lipinski definition) is 1. The minimum Gasteiger partial charge on any atom is -0.410 e. The second-order valence-electron chi connectivity index (χ2n) is 6.23. The highest BCUT2D eigenvalue weighted by Crippen LogP contribution is 2.13. The van der Waals surface area contributed by atoms with Crippen molar-refractivity contribution in [2.24, 2.45) is 0 Å². The van der Waals surface area contributed by atoms with Crippen molar-refractivity contribution >= 4 is 16.8 Å². The zero-order valence-electron chi connectivity index (χ0n) is 14.7. The van der Waals surface area contributed by atoms with Crippen molar-refractivity contribution < 1.29 is 9.63 Å². The molecule has 1 N–H and O–H groups in total. The first-order valence-corrected chi connectivity index (χ1v) is 8.75. The largest absolute Gasteiger partial charge is 0.410 e. The summed E-state index contributed by atoms with van der Waals surface area (Å²) in [6.45, 7) is 0.929. The molecule has 0 bridgehead atoms. The van der Waals surface area contributed by atoms with Crippen molar-refractivity contribution in [2.75, 3.05) is 0 Å². The van der Waals surface area contributed by atoms with E-state index in [-0.39, 0.29) is 5.91 Å². The monoisotopic (exact) mass is 357 g/mol. The summed E-state index contributed by atoms with van der Waals surface area (Å²) in [5.41, 5.74) is 3.57. The van der Waals surface area contributed by atoms with Gasteiger partial charge in [0.25, 0.3) is 5.91 Å². The van der Waals surface area contributed by atoms with Gasteiger partial charge in [-0.05, 0) is 41.5 Å². The van der Waals surface area contributed by atoms with Crippen molar-refractivity contribution in [2.45, 2.75) is 13.2 Å². The number of pyridine rings is 1. The van der Waals surface area contributed by atoms with E-state index in [2.05, 4.69) is 10.3 Å². The average molecular weight is 357 g/mol. The number of nitrogens with one attached hydrogen (secondary N) is 1. The summed E-state index contributed by atoms with van der Waals surface area (Å²) in [7, 11) is 0. The topological polar surface area (TPSA) is 56.2 Å². The van der Waals surface area contributed by atoms with Gasteiger partial charge in [-0.2, -0.15) is 4.73 Å². The predicted octanol–water partition coefficient (Wildman–Crippen LogP) is 3.60. The summed E-state index contributed by atoms with van der Waals surface area (Å²) in [4.78, 5) is 22.4. The van der Waals surface area contributed by atoms with Gasteiger partial charge in [0.15, 0.2) is 0 Å². The highest BCUT2D eigenvalue weighted by atomic mass is 16.7. The molecule has 2 aromatic heterocycles. The van der Waals surface area contributed by atoms with Gasteiger partial charge in [0.1, 0.15) is 6.61 Å². The van der Waals surface area contributed by atoms with E-state index in [1.165, 1.54) is 0 Å². The van der Waals surface area contributed by atoms with Gasteiger partial charge in [-0.15, -0.1) is 0 Å². The minimum atomic E-state index is -0.112. The summed E-state index contributed by atoms with van der Waals surface area (Å²) in [6, 6.07) is 21.2. The van der Waals surface area contributed by atoms with Crippen LogP contribution < -0.4 is 10.2 Å². The van der Waals surface area contributed by atoms with Gasteiger partial charge in [-0.25, -0.2) is 0 Å². The van der Waals surface area contributed by atoms with E-state index in [0.717, 1.165) is 22.0 Å². The van der Waals surface area contributed by atoms with Crippen molar-refractivity contribution in [3.05, 3.63) is 102 Å². The van der Waals surface area contributed by atoms with Gasteiger partial charge in [0.2, 0.25) is 0 Å². The fraction of sp³-hybridized carbons (Fsp3) is 0.0909. The lowest BCUT2D eigenvalue weighted by Gasteiger charge is -2.07. The molecule has 134 valence electrons. The first kappa shape index (κ1) is 16.8. The van der Waals surface area contributed by atoms with E-state index >= 15 is 0 Å². The molecule has 0 saturated carbocycles. The molecule has 5 nitrogen and oxygen atoms in total. The lowest BCUT2D eigenvalue weighted by Crippen LogP contribution is -2.22. The fourth-order valence-electron chi connectivity index (χ4n) is 2.83. The Hall–Kier alpha value is -3.60. The summed E-state index contributed by atoms with van der Waals surface area (Å²) >= 11 is 0. The molecule has 0 aliphatic carbocycles. The van der Waals surface area contributed by atoms with Gasteiger partial charge in [0, 0.05) is 36.1 Å². The summed E-state index contributed by atoms with van der Waals surface area (Å²) < 4.78 is 1.66. The Morgan fingerprint density at radius 1 is 1.00 bits per heavy atom. The highest BCUT2D eigenvalue weighted by molar-refractivity contribution is 5.97. The maximum absolute atomic E-state index is 12.4. The molecule has 0 unspecified atom stereocenters. The summed E-state index contributed by atoms with van der Waals surface area (Å²) in [5, 5.41) is 3.89.